The summed E-state index contributed by atoms with van der Waals surface area (Å²) in [4.78, 5) is 0.359. The van der Waals surface area contributed by atoms with Crippen molar-refractivity contribution in [3.05, 3.63) is 95.6 Å². The number of benzene rings is 3. The summed E-state index contributed by atoms with van der Waals surface area (Å²) in [6, 6.07) is 21.7. The first-order valence-electron chi connectivity index (χ1n) is 9.45. The van der Waals surface area contributed by atoms with Crippen LogP contribution in [0, 0.1) is 6.92 Å². The van der Waals surface area contributed by atoms with Crippen LogP contribution in [0.1, 0.15) is 17.5 Å². The smallest absolute Gasteiger partial charge is 0.207 e. The summed E-state index contributed by atoms with van der Waals surface area (Å²) in [7, 11) is -3.46. The Morgan fingerprint density at radius 1 is 0.893 bits per heavy atom. The van der Waals surface area contributed by atoms with Crippen molar-refractivity contribution in [1.29, 1.82) is 0 Å². The summed E-state index contributed by atoms with van der Waals surface area (Å²) in [5, 5.41) is 2.41. The van der Waals surface area contributed by atoms with Gasteiger partial charge in [-0.05, 0) is 53.5 Å². The average molecular weight is 390 g/mol. The minimum Gasteiger partial charge on any atom is -0.207 e. The molecule has 0 amide bonds. The molecule has 1 aliphatic rings. The molecule has 0 bridgehead atoms. The Labute approximate surface area is 166 Å². The van der Waals surface area contributed by atoms with Gasteiger partial charge in [-0.15, -0.1) is 0 Å². The Balaban J connectivity index is 1.52. The minimum absolute atomic E-state index is 0.359. The third-order valence-electron chi connectivity index (χ3n) is 5.07. The lowest BCUT2D eigenvalue weighted by Gasteiger charge is -2.25. The number of nitrogens with zero attached hydrogens (tertiary/aromatic N) is 1. The van der Waals surface area contributed by atoms with Gasteiger partial charge in [-0.25, -0.2) is 8.42 Å². The Kier molecular flexibility index (Phi) is 5.16. The van der Waals surface area contributed by atoms with Crippen LogP contribution < -0.4 is 0 Å². The zero-order valence-electron chi connectivity index (χ0n) is 15.9. The van der Waals surface area contributed by atoms with Gasteiger partial charge in [0.1, 0.15) is 0 Å². The molecule has 142 valence electrons. The quantitative estimate of drug-likeness (QED) is 0.616. The molecule has 0 aromatic heterocycles. The monoisotopic (exact) mass is 389 g/mol. The van der Waals surface area contributed by atoms with Crippen LogP contribution in [0.4, 0.5) is 0 Å². The van der Waals surface area contributed by atoms with E-state index in [1.165, 1.54) is 10.8 Å². The van der Waals surface area contributed by atoms with Gasteiger partial charge < -0.3 is 0 Å². The van der Waals surface area contributed by atoms with Crippen LogP contribution in [0.2, 0.25) is 0 Å². The van der Waals surface area contributed by atoms with E-state index in [0.717, 1.165) is 23.1 Å². The largest absolute Gasteiger partial charge is 0.243 e. The Hall–Kier alpha value is -2.69. The molecule has 0 fully saturated rings. The first-order chi connectivity index (χ1) is 13.5. The predicted molar refractivity (Wildman–Crippen MR) is 116 cm³/mol. The van der Waals surface area contributed by atoms with E-state index < -0.39 is 10.0 Å². The van der Waals surface area contributed by atoms with E-state index in [4.69, 9.17) is 0 Å². The Morgan fingerprint density at radius 3 is 2.43 bits per heavy atom. The van der Waals surface area contributed by atoms with Gasteiger partial charge in [0, 0.05) is 13.1 Å². The highest BCUT2D eigenvalue weighted by Crippen LogP contribution is 2.22. The van der Waals surface area contributed by atoms with E-state index in [-0.39, 0.29) is 0 Å². The molecular weight excluding hydrogens is 366 g/mol. The van der Waals surface area contributed by atoms with Crippen LogP contribution in [-0.4, -0.2) is 25.8 Å². The highest BCUT2D eigenvalue weighted by molar-refractivity contribution is 7.89. The average Bonchev–Trinajstić information content (AvgIpc) is 2.72. The third kappa shape index (κ3) is 3.93. The van der Waals surface area contributed by atoms with Gasteiger partial charge in [-0.3, -0.25) is 0 Å². The van der Waals surface area contributed by atoms with E-state index in [2.05, 4.69) is 42.5 Å². The standard InChI is InChI=1S/C24H23NO2S/c1-19-8-14-24(15-9-19)28(26,27)25-16-4-5-21(18-25)11-10-20-12-13-22-6-2-3-7-23(22)17-20/h2-3,5-15,17H,4,16,18H2,1H3/b11-10+. The topological polar surface area (TPSA) is 37.4 Å². The highest BCUT2D eigenvalue weighted by atomic mass is 32.2. The lowest BCUT2D eigenvalue weighted by atomic mass is 10.1. The number of hydrogen-bond acceptors (Lipinski definition) is 2. The van der Waals surface area contributed by atoms with Crippen LogP contribution in [0.3, 0.4) is 0 Å². The number of hydrogen-bond donors (Lipinski definition) is 0. The summed E-state index contributed by atoms with van der Waals surface area (Å²) >= 11 is 0. The van der Waals surface area contributed by atoms with E-state index in [1.807, 2.05) is 37.3 Å². The molecule has 0 N–H and O–H groups in total. The minimum atomic E-state index is -3.46. The van der Waals surface area contributed by atoms with Gasteiger partial charge in [0.15, 0.2) is 0 Å². The summed E-state index contributed by atoms with van der Waals surface area (Å²) in [5.74, 6) is 0. The molecule has 1 aliphatic heterocycles. The molecule has 4 rings (SSSR count). The SMILES string of the molecule is Cc1ccc(S(=O)(=O)N2CCC=C(/C=C/c3ccc4ccccc4c3)C2)cc1. The second kappa shape index (κ2) is 7.74. The molecule has 0 spiro atoms. The number of aryl methyl sites for hydroxylation is 1. The van der Waals surface area contributed by atoms with Crippen LogP contribution in [-0.2, 0) is 10.0 Å². The molecule has 3 aromatic carbocycles. The van der Waals surface area contributed by atoms with Crippen molar-refractivity contribution < 1.29 is 8.42 Å². The van der Waals surface area contributed by atoms with Crippen LogP contribution in [0.5, 0.6) is 0 Å². The second-order valence-electron chi connectivity index (χ2n) is 7.16. The lowest BCUT2D eigenvalue weighted by Crippen LogP contribution is -2.35. The van der Waals surface area contributed by atoms with Gasteiger partial charge in [0.25, 0.3) is 0 Å². The molecule has 3 aromatic rings. The number of fused-ring (bicyclic) bond motifs is 1. The van der Waals surface area contributed by atoms with E-state index >= 15 is 0 Å². The third-order valence-corrected chi connectivity index (χ3v) is 6.93. The molecule has 28 heavy (non-hydrogen) atoms. The van der Waals surface area contributed by atoms with Crippen molar-refractivity contribution in [2.75, 3.05) is 13.1 Å². The van der Waals surface area contributed by atoms with Crippen LogP contribution >= 0.6 is 0 Å². The summed E-state index contributed by atoms with van der Waals surface area (Å²) in [6.45, 7) is 2.87. The number of rotatable bonds is 4. The molecule has 0 aliphatic carbocycles. The van der Waals surface area contributed by atoms with Gasteiger partial charge in [-0.1, -0.05) is 72.3 Å². The van der Waals surface area contributed by atoms with Crippen LogP contribution in [0.15, 0.2) is 89.4 Å². The molecule has 1 heterocycles. The van der Waals surface area contributed by atoms with Crippen molar-refractivity contribution in [3.8, 4) is 0 Å². The fourth-order valence-corrected chi connectivity index (χ4v) is 4.88. The number of sulfonamides is 1. The maximum absolute atomic E-state index is 12.9. The first kappa shape index (κ1) is 18.7. The fourth-order valence-electron chi connectivity index (χ4n) is 3.44. The molecule has 0 radical (unpaired) electrons. The second-order valence-corrected chi connectivity index (χ2v) is 9.10. The van der Waals surface area contributed by atoms with Crippen molar-refractivity contribution in [1.82, 2.24) is 4.31 Å². The normalized spacial score (nSPS) is 15.8. The summed E-state index contributed by atoms with van der Waals surface area (Å²) in [6.07, 6.45) is 6.93. The van der Waals surface area contributed by atoms with Gasteiger partial charge in [-0.2, -0.15) is 4.31 Å². The summed E-state index contributed by atoms with van der Waals surface area (Å²) < 4.78 is 27.4. The molecule has 0 atom stereocenters. The summed E-state index contributed by atoms with van der Waals surface area (Å²) in [5.41, 5.74) is 3.18. The van der Waals surface area contributed by atoms with E-state index in [9.17, 15) is 8.42 Å². The van der Waals surface area contributed by atoms with Crippen molar-refractivity contribution in [2.45, 2.75) is 18.2 Å². The van der Waals surface area contributed by atoms with Crippen molar-refractivity contribution >= 4 is 26.9 Å². The van der Waals surface area contributed by atoms with Gasteiger partial charge in [0.05, 0.1) is 4.90 Å². The van der Waals surface area contributed by atoms with Crippen molar-refractivity contribution in [2.24, 2.45) is 0 Å². The molecule has 3 nitrogen and oxygen atoms in total. The highest BCUT2D eigenvalue weighted by Gasteiger charge is 2.26. The van der Waals surface area contributed by atoms with Gasteiger partial charge in [0.2, 0.25) is 10.0 Å². The van der Waals surface area contributed by atoms with E-state index in [0.29, 0.717) is 18.0 Å². The zero-order chi connectivity index (χ0) is 19.6. The zero-order valence-corrected chi connectivity index (χ0v) is 16.7. The molecule has 0 saturated carbocycles. The molecule has 0 saturated heterocycles. The Morgan fingerprint density at radius 2 is 1.64 bits per heavy atom. The maximum Gasteiger partial charge on any atom is 0.243 e. The predicted octanol–water partition coefficient (Wildman–Crippen LogP) is 5.18. The van der Waals surface area contributed by atoms with Crippen molar-refractivity contribution in [3.63, 3.8) is 0 Å². The fraction of sp³-hybridized carbons (Fsp3) is 0.167. The molecular formula is C24H23NO2S. The van der Waals surface area contributed by atoms with E-state index in [1.54, 1.807) is 16.4 Å². The van der Waals surface area contributed by atoms with Gasteiger partial charge >= 0.3 is 0 Å². The molecule has 0 unspecified atom stereocenters. The lowest BCUT2D eigenvalue weighted by molar-refractivity contribution is 0.431. The Bertz CT molecular complexity index is 1160. The maximum atomic E-state index is 12.9. The molecule has 4 heteroatoms. The first-order valence-corrected chi connectivity index (χ1v) is 10.9. The van der Waals surface area contributed by atoms with Crippen LogP contribution in [0.25, 0.3) is 16.8 Å².